The fraction of sp³-hybridized carbons (Fsp3) is 0.375. The summed E-state index contributed by atoms with van der Waals surface area (Å²) in [5.74, 6) is 1.85. The lowest BCUT2D eigenvalue weighted by molar-refractivity contribution is 0.276. The van der Waals surface area contributed by atoms with Gasteiger partial charge in [0.1, 0.15) is 12.4 Å². The van der Waals surface area contributed by atoms with Gasteiger partial charge in [-0.1, -0.05) is 55.8 Å². The van der Waals surface area contributed by atoms with Crippen LogP contribution in [0.1, 0.15) is 49.5 Å². The SMILES string of the molecule is CCCN(CCC)CCc1nnc2n1-c1ccc(Cl)cc1C(c1ccccc1)=NC2. The number of benzene rings is 2. The Morgan fingerprint density at radius 2 is 1.73 bits per heavy atom. The van der Waals surface area contributed by atoms with Crippen LogP contribution in [-0.2, 0) is 13.0 Å². The van der Waals surface area contributed by atoms with Crippen molar-refractivity contribution in [1.82, 2.24) is 19.7 Å². The lowest BCUT2D eigenvalue weighted by Crippen LogP contribution is -2.28. The van der Waals surface area contributed by atoms with Crippen molar-refractivity contribution < 1.29 is 0 Å². The lowest BCUT2D eigenvalue weighted by Gasteiger charge is -2.21. The van der Waals surface area contributed by atoms with Gasteiger partial charge in [-0.25, -0.2) is 0 Å². The molecule has 2 aromatic carbocycles. The van der Waals surface area contributed by atoms with E-state index in [1.165, 1.54) is 0 Å². The molecule has 3 aromatic rings. The summed E-state index contributed by atoms with van der Waals surface area (Å²) < 4.78 is 2.18. The van der Waals surface area contributed by atoms with Crippen LogP contribution in [0, 0.1) is 0 Å². The molecule has 30 heavy (non-hydrogen) atoms. The fourth-order valence-electron chi connectivity index (χ4n) is 4.09. The standard InChI is InChI=1S/C24H28ClN5/c1-3-13-29(14-4-2)15-12-22-27-28-23-17-26-24(18-8-6-5-7-9-18)20-16-19(25)10-11-21(20)30(22)23/h5-11,16H,3-4,12-15,17H2,1-2H3. The zero-order valence-corrected chi connectivity index (χ0v) is 18.4. The van der Waals surface area contributed by atoms with Crippen molar-refractivity contribution in [2.75, 3.05) is 19.6 Å². The Balaban J connectivity index is 1.72. The molecule has 0 unspecified atom stereocenters. The molecule has 1 aromatic heterocycles. The lowest BCUT2D eigenvalue weighted by atomic mass is 10.0. The van der Waals surface area contributed by atoms with Crippen molar-refractivity contribution in [2.45, 2.75) is 39.7 Å². The minimum absolute atomic E-state index is 0.497. The molecule has 156 valence electrons. The van der Waals surface area contributed by atoms with E-state index in [0.717, 1.165) is 73.1 Å². The summed E-state index contributed by atoms with van der Waals surface area (Å²) in [4.78, 5) is 7.42. The first kappa shape index (κ1) is 20.8. The number of hydrogen-bond acceptors (Lipinski definition) is 4. The highest BCUT2D eigenvalue weighted by Gasteiger charge is 2.23. The second kappa shape index (κ2) is 9.54. The first-order valence-corrected chi connectivity index (χ1v) is 11.1. The van der Waals surface area contributed by atoms with Crippen molar-refractivity contribution in [2.24, 2.45) is 4.99 Å². The molecule has 6 heteroatoms. The molecule has 0 aliphatic carbocycles. The second-order valence-electron chi connectivity index (χ2n) is 7.65. The molecule has 5 nitrogen and oxygen atoms in total. The highest BCUT2D eigenvalue weighted by molar-refractivity contribution is 6.31. The summed E-state index contributed by atoms with van der Waals surface area (Å²) in [7, 11) is 0. The van der Waals surface area contributed by atoms with E-state index < -0.39 is 0 Å². The average molecular weight is 422 g/mol. The molecule has 0 spiro atoms. The van der Waals surface area contributed by atoms with Gasteiger partial charge >= 0.3 is 0 Å². The van der Waals surface area contributed by atoms with Gasteiger partial charge in [0, 0.05) is 29.1 Å². The number of fused-ring (bicyclic) bond motifs is 3. The third kappa shape index (κ3) is 4.32. The monoisotopic (exact) mass is 421 g/mol. The first-order valence-electron chi connectivity index (χ1n) is 10.8. The van der Waals surface area contributed by atoms with Crippen LogP contribution in [0.4, 0.5) is 0 Å². The molecule has 1 aliphatic heterocycles. The molecule has 1 aliphatic rings. The normalized spacial score (nSPS) is 13.0. The van der Waals surface area contributed by atoms with Crippen molar-refractivity contribution in [3.05, 3.63) is 76.3 Å². The van der Waals surface area contributed by atoms with E-state index in [0.29, 0.717) is 11.6 Å². The van der Waals surface area contributed by atoms with Crippen molar-refractivity contribution in [3.8, 4) is 5.69 Å². The second-order valence-corrected chi connectivity index (χ2v) is 8.09. The van der Waals surface area contributed by atoms with Gasteiger partial charge in [-0.15, -0.1) is 10.2 Å². The molecule has 0 saturated carbocycles. The maximum atomic E-state index is 6.39. The summed E-state index contributed by atoms with van der Waals surface area (Å²) in [6.07, 6.45) is 3.18. The number of aliphatic imine (C=N–C) groups is 1. The van der Waals surface area contributed by atoms with Crippen LogP contribution in [-0.4, -0.2) is 45.0 Å². The first-order chi connectivity index (χ1) is 14.7. The van der Waals surface area contributed by atoms with Gasteiger partial charge in [-0.05, 0) is 44.1 Å². The molecular weight excluding hydrogens is 394 g/mol. The highest BCUT2D eigenvalue weighted by Crippen LogP contribution is 2.28. The van der Waals surface area contributed by atoms with Crippen LogP contribution in [0.15, 0.2) is 53.5 Å². The molecule has 0 bridgehead atoms. The van der Waals surface area contributed by atoms with Gasteiger partial charge in [-0.3, -0.25) is 9.56 Å². The Hall–Kier alpha value is -2.50. The van der Waals surface area contributed by atoms with E-state index in [2.05, 4.69) is 51.7 Å². The van der Waals surface area contributed by atoms with Crippen LogP contribution in [0.2, 0.25) is 5.02 Å². The van der Waals surface area contributed by atoms with Crippen LogP contribution >= 0.6 is 11.6 Å². The topological polar surface area (TPSA) is 46.3 Å². The number of halogens is 1. The van der Waals surface area contributed by atoms with Crippen LogP contribution < -0.4 is 0 Å². The fourth-order valence-corrected chi connectivity index (χ4v) is 4.26. The van der Waals surface area contributed by atoms with E-state index in [1.807, 2.05) is 30.3 Å². The summed E-state index contributed by atoms with van der Waals surface area (Å²) in [6.45, 7) is 8.17. The highest BCUT2D eigenvalue weighted by atomic mass is 35.5. The molecule has 0 N–H and O–H groups in total. The third-order valence-corrected chi connectivity index (χ3v) is 5.64. The molecule has 0 saturated heterocycles. The van der Waals surface area contributed by atoms with E-state index in [1.54, 1.807) is 0 Å². The Bertz CT molecular complexity index is 1020. The Morgan fingerprint density at radius 3 is 2.47 bits per heavy atom. The van der Waals surface area contributed by atoms with Crippen LogP contribution in [0.5, 0.6) is 0 Å². The molecule has 0 radical (unpaired) electrons. The number of aromatic nitrogens is 3. The van der Waals surface area contributed by atoms with Crippen LogP contribution in [0.25, 0.3) is 5.69 Å². The van der Waals surface area contributed by atoms with Crippen molar-refractivity contribution >= 4 is 17.3 Å². The van der Waals surface area contributed by atoms with E-state index in [4.69, 9.17) is 16.6 Å². The summed E-state index contributed by atoms with van der Waals surface area (Å²) in [6, 6.07) is 16.3. The number of nitrogens with zero attached hydrogens (tertiary/aromatic N) is 5. The quantitative estimate of drug-likeness (QED) is 0.517. The predicted molar refractivity (Wildman–Crippen MR) is 123 cm³/mol. The average Bonchev–Trinajstić information content (AvgIpc) is 3.08. The van der Waals surface area contributed by atoms with E-state index in [-0.39, 0.29) is 0 Å². The Kier molecular flexibility index (Phi) is 6.60. The largest absolute Gasteiger partial charge is 0.303 e. The van der Waals surface area contributed by atoms with Gasteiger partial charge in [0.15, 0.2) is 5.82 Å². The zero-order chi connectivity index (χ0) is 20.9. The van der Waals surface area contributed by atoms with E-state index in [9.17, 15) is 0 Å². The molecule has 2 heterocycles. The molecular formula is C24H28ClN5. The van der Waals surface area contributed by atoms with Gasteiger partial charge in [-0.2, -0.15) is 0 Å². The summed E-state index contributed by atoms with van der Waals surface area (Å²) in [5, 5.41) is 9.73. The van der Waals surface area contributed by atoms with Crippen molar-refractivity contribution in [3.63, 3.8) is 0 Å². The van der Waals surface area contributed by atoms with Gasteiger partial charge in [0.05, 0.1) is 11.4 Å². The number of hydrogen-bond donors (Lipinski definition) is 0. The van der Waals surface area contributed by atoms with E-state index >= 15 is 0 Å². The minimum Gasteiger partial charge on any atom is -0.303 e. The minimum atomic E-state index is 0.497. The van der Waals surface area contributed by atoms with Gasteiger partial charge < -0.3 is 4.90 Å². The van der Waals surface area contributed by atoms with Gasteiger partial charge in [0.2, 0.25) is 0 Å². The Labute approximate surface area is 183 Å². The predicted octanol–water partition coefficient (Wildman–Crippen LogP) is 4.94. The molecule has 0 amide bonds. The smallest absolute Gasteiger partial charge is 0.159 e. The maximum Gasteiger partial charge on any atom is 0.159 e. The van der Waals surface area contributed by atoms with Crippen molar-refractivity contribution in [1.29, 1.82) is 0 Å². The molecule has 0 fully saturated rings. The summed E-state index contributed by atoms with van der Waals surface area (Å²) in [5.41, 5.74) is 4.10. The van der Waals surface area contributed by atoms with Gasteiger partial charge in [0.25, 0.3) is 0 Å². The molecule has 4 rings (SSSR count). The van der Waals surface area contributed by atoms with Crippen LogP contribution in [0.3, 0.4) is 0 Å². The maximum absolute atomic E-state index is 6.39. The number of rotatable bonds is 8. The Morgan fingerprint density at radius 1 is 0.967 bits per heavy atom. The zero-order valence-electron chi connectivity index (χ0n) is 17.7. The summed E-state index contributed by atoms with van der Waals surface area (Å²) >= 11 is 6.39. The third-order valence-electron chi connectivity index (χ3n) is 5.41. The molecule has 0 atom stereocenters.